The number of rotatable bonds is 6. The Morgan fingerprint density at radius 2 is 1.74 bits per heavy atom. The summed E-state index contributed by atoms with van der Waals surface area (Å²) < 4.78 is 8.17. The fourth-order valence-electron chi connectivity index (χ4n) is 5.74. The van der Waals surface area contributed by atoms with E-state index in [1.807, 2.05) is 18.2 Å². The molecule has 10 nitrogen and oxygen atoms in total. The van der Waals surface area contributed by atoms with E-state index in [0.717, 1.165) is 60.8 Å². The number of piperidine rings is 1. The molecule has 7 rings (SSSR count). The Bertz CT molecular complexity index is 1740. The lowest BCUT2D eigenvalue weighted by Gasteiger charge is -2.32. The maximum absolute atomic E-state index is 9.05. The smallest absolute Gasteiger partial charge is 0.234 e. The van der Waals surface area contributed by atoms with Gasteiger partial charge in [-0.15, -0.1) is 0 Å². The van der Waals surface area contributed by atoms with E-state index >= 15 is 0 Å². The summed E-state index contributed by atoms with van der Waals surface area (Å²) in [6.45, 7) is 4.07. The minimum Gasteiger partial charge on any atom is -0.488 e. The van der Waals surface area contributed by atoms with Gasteiger partial charge < -0.3 is 14.6 Å². The highest BCUT2D eigenvalue weighted by Crippen LogP contribution is 2.39. The maximum Gasteiger partial charge on any atom is 0.234 e. The van der Waals surface area contributed by atoms with Gasteiger partial charge in [0, 0.05) is 43.0 Å². The Balaban J connectivity index is 1.09. The van der Waals surface area contributed by atoms with Crippen molar-refractivity contribution in [1.82, 2.24) is 34.4 Å². The lowest BCUT2D eigenvalue weighted by atomic mass is 10.0. The van der Waals surface area contributed by atoms with Crippen LogP contribution in [0, 0.1) is 11.3 Å². The van der Waals surface area contributed by atoms with Gasteiger partial charge in [0.1, 0.15) is 24.8 Å². The SMILES string of the molecule is N#Cc1nccc(NC2CCN(Cc3ccc(-c4nc5n(c4-c4ccccc4)CCOc4cncnc4-5)cc3)CC2)n1. The number of nitriles is 1. The normalized spacial score (nSPS) is 15.1. The number of fused-ring (bicyclic) bond motifs is 3. The summed E-state index contributed by atoms with van der Waals surface area (Å²) in [6, 6.07) is 23.3. The zero-order chi connectivity index (χ0) is 28.3. The van der Waals surface area contributed by atoms with Crippen molar-refractivity contribution in [2.45, 2.75) is 32.0 Å². The summed E-state index contributed by atoms with van der Waals surface area (Å²) in [4.78, 5) is 24.5. The van der Waals surface area contributed by atoms with Crippen LogP contribution in [-0.4, -0.2) is 60.1 Å². The highest BCUT2D eigenvalue weighted by Gasteiger charge is 2.26. The number of aromatic nitrogens is 6. The first kappa shape index (κ1) is 25.8. The van der Waals surface area contributed by atoms with Gasteiger partial charge in [0.15, 0.2) is 17.3 Å². The van der Waals surface area contributed by atoms with Crippen LogP contribution < -0.4 is 10.1 Å². The molecule has 0 spiro atoms. The van der Waals surface area contributed by atoms with Crippen molar-refractivity contribution in [3.63, 3.8) is 0 Å². The van der Waals surface area contributed by atoms with E-state index in [1.165, 1.54) is 5.56 Å². The molecule has 5 aromatic rings. The molecule has 5 heterocycles. The maximum atomic E-state index is 9.05. The highest BCUT2D eigenvalue weighted by atomic mass is 16.5. The van der Waals surface area contributed by atoms with Gasteiger partial charge in [-0.2, -0.15) is 5.26 Å². The highest BCUT2D eigenvalue weighted by molar-refractivity contribution is 5.82. The summed E-state index contributed by atoms with van der Waals surface area (Å²) >= 11 is 0. The molecule has 2 aliphatic rings. The number of anilines is 1. The average molecular weight is 556 g/mol. The molecule has 1 saturated heterocycles. The minimum atomic E-state index is 0.191. The number of hydrogen-bond donors (Lipinski definition) is 1. The number of nitrogens with zero attached hydrogens (tertiary/aromatic N) is 8. The van der Waals surface area contributed by atoms with E-state index in [2.05, 4.69) is 83.3 Å². The molecule has 3 aromatic heterocycles. The van der Waals surface area contributed by atoms with Crippen molar-refractivity contribution in [1.29, 1.82) is 5.26 Å². The monoisotopic (exact) mass is 555 g/mol. The summed E-state index contributed by atoms with van der Waals surface area (Å²) in [7, 11) is 0. The minimum absolute atomic E-state index is 0.191. The molecular formula is C32H29N9O. The molecule has 0 amide bonds. The van der Waals surface area contributed by atoms with Gasteiger partial charge in [-0.25, -0.2) is 24.9 Å². The third-order valence-electron chi connectivity index (χ3n) is 7.81. The summed E-state index contributed by atoms with van der Waals surface area (Å²) in [5, 5.41) is 12.5. The standard InChI is InChI=1S/C32H29N9O/c33-18-28-35-13-10-27(38-28)37-25-11-14-40(15-12-25)20-22-6-8-23(9-7-22)29-31(24-4-2-1-3-5-24)41-16-17-42-26-19-34-21-36-30(26)32(41)39-29/h1-10,13,19,21,25H,11-12,14-17,20H2,(H,35,37,38). The van der Waals surface area contributed by atoms with Crippen LogP contribution in [0.1, 0.15) is 24.2 Å². The van der Waals surface area contributed by atoms with Gasteiger partial charge in [0.05, 0.1) is 24.1 Å². The topological polar surface area (TPSA) is 118 Å². The first-order valence-corrected chi connectivity index (χ1v) is 14.2. The molecule has 208 valence electrons. The second-order valence-corrected chi connectivity index (χ2v) is 10.5. The van der Waals surface area contributed by atoms with Gasteiger partial charge in [-0.05, 0) is 24.5 Å². The van der Waals surface area contributed by atoms with Crippen LogP contribution >= 0.6 is 0 Å². The molecule has 0 aliphatic carbocycles. The number of hydrogen-bond acceptors (Lipinski definition) is 9. The van der Waals surface area contributed by atoms with Crippen molar-refractivity contribution in [2.24, 2.45) is 0 Å². The van der Waals surface area contributed by atoms with E-state index in [9.17, 15) is 0 Å². The quantitative estimate of drug-likeness (QED) is 0.315. The predicted octanol–water partition coefficient (Wildman–Crippen LogP) is 4.80. The van der Waals surface area contributed by atoms with Crippen LogP contribution in [0.5, 0.6) is 5.75 Å². The molecule has 2 aliphatic heterocycles. The Morgan fingerprint density at radius 1 is 0.905 bits per heavy atom. The molecule has 0 bridgehead atoms. The predicted molar refractivity (Wildman–Crippen MR) is 158 cm³/mol. The first-order valence-electron chi connectivity index (χ1n) is 14.2. The third-order valence-corrected chi connectivity index (χ3v) is 7.81. The van der Waals surface area contributed by atoms with Crippen LogP contribution in [0.25, 0.3) is 34.0 Å². The first-order chi connectivity index (χ1) is 20.7. The fourth-order valence-corrected chi connectivity index (χ4v) is 5.74. The number of ether oxygens (including phenoxy) is 1. The van der Waals surface area contributed by atoms with Gasteiger partial charge in [0.25, 0.3) is 0 Å². The largest absolute Gasteiger partial charge is 0.488 e. The zero-order valence-electron chi connectivity index (χ0n) is 23.0. The molecule has 42 heavy (non-hydrogen) atoms. The van der Waals surface area contributed by atoms with Gasteiger partial charge in [-0.1, -0.05) is 54.6 Å². The zero-order valence-corrected chi connectivity index (χ0v) is 23.0. The van der Waals surface area contributed by atoms with E-state index in [-0.39, 0.29) is 5.82 Å². The Hall–Kier alpha value is -5.14. The van der Waals surface area contributed by atoms with E-state index in [4.69, 9.17) is 15.0 Å². The van der Waals surface area contributed by atoms with Crippen LogP contribution in [0.2, 0.25) is 0 Å². The van der Waals surface area contributed by atoms with E-state index < -0.39 is 0 Å². The number of benzene rings is 2. The van der Waals surface area contributed by atoms with E-state index in [0.29, 0.717) is 36.5 Å². The molecule has 0 atom stereocenters. The van der Waals surface area contributed by atoms with Crippen LogP contribution in [0.3, 0.4) is 0 Å². The number of imidazole rings is 1. The third kappa shape index (κ3) is 5.18. The molecular weight excluding hydrogens is 526 g/mol. The molecule has 10 heteroatoms. The van der Waals surface area contributed by atoms with Gasteiger partial charge in [0.2, 0.25) is 5.82 Å². The Kier molecular flexibility index (Phi) is 7.00. The lowest BCUT2D eigenvalue weighted by molar-refractivity contribution is 0.211. The van der Waals surface area contributed by atoms with Crippen LogP contribution in [0.4, 0.5) is 5.82 Å². The lowest BCUT2D eigenvalue weighted by Crippen LogP contribution is -2.38. The average Bonchev–Trinajstić information content (AvgIpc) is 3.32. The van der Waals surface area contributed by atoms with Crippen molar-refractivity contribution < 1.29 is 4.74 Å². The van der Waals surface area contributed by atoms with Crippen molar-refractivity contribution in [3.8, 4) is 45.9 Å². The fraction of sp³-hybridized carbons (Fsp3) is 0.250. The number of nitrogens with one attached hydrogen (secondary N) is 1. The summed E-state index contributed by atoms with van der Waals surface area (Å²) in [5.74, 6) is 2.36. The van der Waals surface area contributed by atoms with Crippen LogP contribution in [0.15, 0.2) is 79.4 Å². The van der Waals surface area contributed by atoms with Crippen molar-refractivity contribution in [2.75, 3.05) is 25.0 Å². The van der Waals surface area contributed by atoms with Crippen LogP contribution in [-0.2, 0) is 13.1 Å². The van der Waals surface area contributed by atoms with Gasteiger partial charge >= 0.3 is 0 Å². The second kappa shape index (κ2) is 11.4. The Morgan fingerprint density at radius 3 is 2.55 bits per heavy atom. The van der Waals surface area contributed by atoms with Crippen molar-refractivity contribution >= 4 is 5.82 Å². The molecule has 0 unspecified atom stereocenters. The number of likely N-dealkylation sites (tertiary alicyclic amines) is 1. The molecule has 0 saturated carbocycles. The molecule has 1 N–H and O–H groups in total. The Labute approximate surface area is 243 Å². The summed E-state index contributed by atoms with van der Waals surface area (Å²) in [5.41, 5.74) is 6.16. The molecule has 2 aromatic carbocycles. The molecule has 1 fully saturated rings. The molecule has 0 radical (unpaired) electrons. The van der Waals surface area contributed by atoms with E-state index in [1.54, 1.807) is 18.7 Å². The summed E-state index contributed by atoms with van der Waals surface area (Å²) in [6.07, 6.45) is 6.90. The second-order valence-electron chi connectivity index (χ2n) is 10.5. The van der Waals surface area contributed by atoms with Gasteiger partial charge in [-0.3, -0.25) is 4.90 Å². The van der Waals surface area contributed by atoms with Crippen molar-refractivity contribution in [3.05, 3.63) is 90.8 Å².